The molecule has 0 saturated heterocycles. The average Bonchev–Trinajstić information content (AvgIpc) is 2.14. The van der Waals surface area contributed by atoms with Crippen molar-refractivity contribution in [1.29, 1.82) is 5.41 Å². The van der Waals surface area contributed by atoms with E-state index in [1.165, 1.54) is 0 Å². The van der Waals surface area contributed by atoms with Crippen molar-refractivity contribution in [3.63, 3.8) is 0 Å². The highest BCUT2D eigenvalue weighted by molar-refractivity contribution is 5.98. The van der Waals surface area contributed by atoms with E-state index in [-0.39, 0.29) is 5.84 Å². The van der Waals surface area contributed by atoms with E-state index in [9.17, 15) is 0 Å². The molecule has 0 saturated carbocycles. The fraction of sp³-hybridized carbons (Fsp3) is 0.538. The maximum Gasteiger partial charge on any atom is 0.133 e. The smallest absolute Gasteiger partial charge is 0.133 e. The highest BCUT2D eigenvalue weighted by Crippen LogP contribution is 2.22. The van der Waals surface area contributed by atoms with E-state index in [1.807, 2.05) is 19.9 Å². The minimum absolute atomic E-state index is 0.00884. The maximum atomic E-state index is 7.57. The lowest BCUT2D eigenvalue weighted by Crippen LogP contribution is -2.16. The first-order valence-electron chi connectivity index (χ1n) is 5.87. The fourth-order valence-electron chi connectivity index (χ4n) is 1.64. The first kappa shape index (κ1) is 13.5. The van der Waals surface area contributed by atoms with Crippen molar-refractivity contribution in [1.82, 2.24) is 4.98 Å². The van der Waals surface area contributed by atoms with Gasteiger partial charge in [0.15, 0.2) is 0 Å². The summed E-state index contributed by atoms with van der Waals surface area (Å²) >= 11 is 0. The Labute approximate surface area is 103 Å². The second-order valence-corrected chi connectivity index (χ2v) is 4.67. The van der Waals surface area contributed by atoms with Gasteiger partial charge in [-0.3, -0.25) is 10.4 Å². The van der Waals surface area contributed by atoms with Crippen molar-refractivity contribution < 1.29 is 4.74 Å². The Morgan fingerprint density at radius 1 is 1.47 bits per heavy atom. The molecule has 0 bridgehead atoms. The number of aryl methyl sites for hydroxylation is 2. The van der Waals surface area contributed by atoms with Gasteiger partial charge in [-0.15, -0.1) is 0 Å². The summed E-state index contributed by atoms with van der Waals surface area (Å²) in [5.74, 6) is 1.28. The van der Waals surface area contributed by atoms with Crippen LogP contribution in [0.5, 0.6) is 5.75 Å². The molecule has 0 aliphatic heterocycles. The summed E-state index contributed by atoms with van der Waals surface area (Å²) in [6.07, 6.45) is 0.984. The molecule has 0 radical (unpaired) electrons. The molecule has 1 aromatic heterocycles. The average molecular weight is 235 g/mol. The van der Waals surface area contributed by atoms with Crippen LogP contribution in [0.1, 0.15) is 37.2 Å². The zero-order valence-electron chi connectivity index (χ0n) is 11.0. The van der Waals surface area contributed by atoms with E-state index in [0.717, 1.165) is 17.8 Å². The Hall–Kier alpha value is -1.58. The topological polar surface area (TPSA) is 72.0 Å². The van der Waals surface area contributed by atoms with Crippen LogP contribution in [0.25, 0.3) is 0 Å². The lowest BCUT2D eigenvalue weighted by Gasteiger charge is -2.14. The SMILES string of the molecule is Cc1cc(OCCC(C)C)c(C(=N)N)c(C)n1. The van der Waals surface area contributed by atoms with E-state index < -0.39 is 0 Å². The number of nitrogens with zero attached hydrogens (tertiary/aromatic N) is 1. The normalized spacial score (nSPS) is 10.6. The summed E-state index contributed by atoms with van der Waals surface area (Å²) in [5.41, 5.74) is 7.80. The van der Waals surface area contributed by atoms with Crippen molar-refractivity contribution in [3.05, 3.63) is 23.0 Å². The first-order chi connectivity index (χ1) is 7.91. The van der Waals surface area contributed by atoms with Gasteiger partial charge in [0.1, 0.15) is 11.6 Å². The molecule has 0 spiro atoms. The number of nitrogen functional groups attached to an aromatic ring is 1. The van der Waals surface area contributed by atoms with Gasteiger partial charge >= 0.3 is 0 Å². The molecule has 0 unspecified atom stereocenters. The molecule has 0 aromatic carbocycles. The van der Waals surface area contributed by atoms with E-state index in [2.05, 4.69) is 18.8 Å². The van der Waals surface area contributed by atoms with Gasteiger partial charge in [0, 0.05) is 11.8 Å². The van der Waals surface area contributed by atoms with Gasteiger partial charge in [0.05, 0.1) is 17.9 Å². The van der Waals surface area contributed by atoms with Gasteiger partial charge in [-0.25, -0.2) is 0 Å². The molecule has 0 aliphatic carbocycles. The first-order valence-corrected chi connectivity index (χ1v) is 5.87. The molecule has 0 amide bonds. The summed E-state index contributed by atoms with van der Waals surface area (Å²) in [6, 6.07) is 1.84. The van der Waals surface area contributed by atoms with Gasteiger partial charge in [-0.2, -0.15) is 0 Å². The van der Waals surface area contributed by atoms with Crippen LogP contribution in [0.15, 0.2) is 6.07 Å². The summed E-state index contributed by atoms with van der Waals surface area (Å²) in [6.45, 7) is 8.70. The Morgan fingerprint density at radius 3 is 2.65 bits per heavy atom. The molecule has 94 valence electrons. The molecule has 4 nitrogen and oxygen atoms in total. The minimum Gasteiger partial charge on any atom is -0.493 e. The third-order valence-electron chi connectivity index (χ3n) is 2.51. The van der Waals surface area contributed by atoms with Crippen molar-refractivity contribution >= 4 is 5.84 Å². The van der Waals surface area contributed by atoms with E-state index >= 15 is 0 Å². The number of nitrogens with two attached hydrogens (primary N) is 1. The van der Waals surface area contributed by atoms with Crippen LogP contribution in [-0.4, -0.2) is 17.4 Å². The second kappa shape index (κ2) is 5.66. The molecule has 1 heterocycles. The number of hydrogen-bond donors (Lipinski definition) is 2. The summed E-state index contributed by atoms with van der Waals surface area (Å²) < 4.78 is 5.71. The monoisotopic (exact) mass is 235 g/mol. The Morgan fingerprint density at radius 2 is 2.12 bits per heavy atom. The molecular weight excluding hydrogens is 214 g/mol. The van der Waals surface area contributed by atoms with Crippen LogP contribution in [0, 0.1) is 25.2 Å². The van der Waals surface area contributed by atoms with Crippen molar-refractivity contribution in [3.8, 4) is 5.75 Å². The summed E-state index contributed by atoms with van der Waals surface area (Å²) in [4.78, 5) is 4.30. The van der Waals surface area contributed by atoms with Crippen molar-refractivity contribution in [2.24, 2.45) is 11.7 Å². The Kier molecular flexibility index (Phi) is 4.49. The number of rotatable bonds is 5. The molecule has 0 fully saturated rings. The van der Waals surface area contributed by atoms with Crippen LogP contribution in [-0.2, 0) is 0 Å². The third kappa shape index (κ3) is 3.73. The molecule has 1 rings (SSSR count). The zero-order valence-corrected chi connectivity index (χ0v) is 11.0. The lowest BCUT2D eigenvalue weighted by molar-refractivity contribution is 0.288. The van der Waals surface area contributed by atoms with Crippen LogP contribution in [0.4, 0.5) is 0 Å². The highest BCUT2D eigenvalue weighted by Gasteiger charge is 2.12. The predicted molar refractivity (Wildman–Crippen MR) is 69.7 cm³/mol. The number of hydrogen-bond acceptors (Lipinski definition) is 3. The van der Waals surface area contributed by atoms with E-state index in [4.69, 9.17) is 15.9 Å². The summed E-state index contributed by atoms with van der Waals surface area (Å²) in [7, 11) is 0. The molecule has 0 atom stereocenters. The molecular formula is C13H21N3O. The number of ether oxygens (including phenoxy) is 1. The predicted octanol–water partition coefficient (Wildman–Crippen LogP) is 2.41. The van der Waals surface area contributed by atoms with Crippen LogP contribution in [0.2, 0.25) is 0 Å². The molecule has 4 heteroatoms. The minimum atomic E-state index is 0.00884. The molecule has 17 heavy (non-hydrogen) atoms. The number of amidine groups is 1. The van der Waals surface area contributed by atoms with Crippen molar-refractivity contribution in [2.75, 3.05) is 6.61 Å². The fourth-order valence-corrected chi connectivity index (χ4v) is 1.64. The van der Waals surface area contributed by atoms with Gasteiger partial charge < -0.3 is 10.5 Å². The third-order valence-corrected chi connectivity index (χ3v) is 2.51. The highest BCUT2D eigenvalue weighted by atomic mass is 16.5. The Balaban J connectivity index is 2.92. The van der Waals surface area contributed by atoms with Gasteiger partial charge in [-0.1, -0.05) is 13.8 Å². The molecule has 1 aromatic rings. The van der Waals surface area contributed by atoms with Gasteiger partial charge in [0.2, 0.25) is 0 Å². The Bertz CT molecular complexity index is 413. The van der Waals surface area contributed by atoms with Crippen LogP contribution in [0.3, 0.4) is 0 Å². The number of nitrogens with one attached hydrogen (secondary N) is 1. The second-order valence-electron chi connectivity index (χ2n) is 4.67. The van der Waals surface area contributed by atoms with Crippen LogP contribution >= 0.6 is 0 Å². The standard InChI is InChI=1S/C13H21N3O/c1-8(2)5-6-17-11-7-9(3)16-10(4)12(11)13(14)15/h7-8H,5-6H2,1-4H3,(H3,14,15). The van der Waals surface area contributed by atoms with E-state index in [1.54, 1.807) is 0 Å². The van der Waals surface area contributed by atoms with Gasteiger partial charge in [0.25, 0.3) is 0 Å². The largest absolute Gasteiger partial charge is 0.493 e. The maximum absolute atomic E-state index is 7.57. The molecule has 3 N–H and O–H groups in total. The van der Waals surface area contributed by atoms with Crippen LogP contribution < -0.4 is 10.5 Å². The molecule has 0 aliphatic rings. The number of aromatic nitrogens is 1. The van der Waals surface area contributed by atoms with Gasteiger partial charge in [-0.05, 0) is 26.2 Å². The number of pyridine rings is 1. The summed E-state index contributed by atoms with van der Waals surface area (Å²) in [5, 5.41) is 7.57. The van der Waals surface area contributed by atoms with E-state index in [0.29, 0.717) is 23.8 Å². The quantitative estimate of drug-likeness (QED) is 0.608. The zero-order chi connectivity index (χ0) is 13.0. The lowest BCUT2D eigenvalue weighted by atomic mass is 10.1. The van der Waals surface area contributed by atoms with Crippen molar-refractivity contribution in [2.45, 2.75) is 34.1 Å².